The summed E-state index contributed by atoms with van der Waals surface area (Å²) in [5, 5.41) is 4.75. The molecule has 1 aromatic heterocycles. The van der Waals surface area contributed by atoms with Gasteiger partial charge in [-0.3, -0.25) is 0 Å². The van der Waals surface area contributed by atoms with Gasteiger partial charge >= 0.3 is 0 Å². The van der Waals surface area contributed by atoms with Crippen molar-refractivity contribution in [2.45, 2.75) is 19.4 Å². The van der Waals surface area contributed by atoms with Crippen molar-refractivity contribution in [2.75, 3.05) is 7.05 Å². The Morgan fingerprint density at radius 2 is 2.00 bits per heavy atom. The lowest BCUT2D eigenvalue weighted by Gasteiger charge is -2.15. The third-order valence-electron chi connectivity index (χ3n) is 2.89. The Morgan fingerprint density at radius 3 is 2.56 bits per heavy atom. The van der Waals surface area contributed by atoms with Crippen LogP contribution in [-0.4, -0.2) is 7.05 Å². The van der Waals surface area contributed by atoms with Gasteiger partial charge in [0.2, 0.25) is 0 Å². The summed E-state index contributed by atoms with van der Waals surface area (Å²) in [7, 11) is 1.98. The lowest BCUT2D eigenvalue weighted by Crippen LogP contribution is -2.17. The second kappa shape index (κ2) is 6.07. The third kappa shape index (κ3) is 3.27. The number of likely N-dealkylation sites (N-methyl/N-ethyl adjacent to an activating group) is 1. The Hall–Kier alpha value is -0.540. The minimum absolute atomic E-state index is 0.294. The van der Waals surface area contributed by atoms with E-state index in [2.05, 4.69) is 24.4 Å². The van der Waals surface area contributed by atoms with Crippen molar-refractivity contribution in [1.29, 1.82) is 0 Å². The summed E-state index contributed by atoms with van der Waals surface area (Å²) < 4.78 is 0. The molecule has 1 unspecified atom stereocenters. The monoisotopic (exact) mass is 299 g/mol. The molecule has 0 saturated carbocycles. The average Bonchev–Trinajstić information content (AvgIpc) is 2.75. The van der Waals surface area contributed by atoms with Gasteiger partial charge in [-0.15, -0.1) is 11.3 Å². The fourth-order valence-electron chi connectivity index (χ4n) is 1.89. The SMILES string of the molecule is CNC(Cc1ccc(Cl)cc1Cl)c1ccc(C)s1. The van der Waals surface area contributed by atoms with Crippen LogP contribution in [0.15, 0.2) is 30.3 Å². The molecule has 0 aliphatic carbocycles. The molecule has 18 heavy (non-hydrogen) atoms. The average molecular weight is 300 g/mol. The van der Waals surface area contributed by atoms with Crippen LogP contribution in [0.5, 0.6) is 0 Å². The Balaban J connectivity index is 2.20. The topological polar surface area (TPSA) is 12.0 Å². The molecule has 2 aromatic rings. The maximum Gasteiger partial charge on any atom is 0.0453 e. The molecule has 4 heteroatoms. The van der Waals surface area contributed by atoms with Crippen molar-refractivity contribution in [3.63, 3.8) is 0 Å². The van der Waals surface area contributed by atoms with Crippen molar-refractivity contribution in [3.8, 4) is 0 Å². The minimum atomic E-state index is 0.294. The van der Waals surface area contributed by atoms with E-state index in [1.54, 1.807) is 6.07 Å². The second-order valence-electron chi connectivity index (χ2n) is 4.23. The molecular formula is C14H15Cl2NS. The zero-order chi connectivity index (χ0) is 13.1. The van der Waals surface area contributed by atoms with Crippen LogP contribution < -0.4 is 5.32 Å². The summed E-state index contributed by atoms with van der Waals surface area (Å²) in [4.78, 5) is 2.66. The minimum Gasteiger partial charge on any atom is -0.312 e. The Bertz CT molecular complexity index is 536. The van der Waals surface area contributed by atoms with Crippen LogP contribution >= 0.6 is 34.5 Å². The van der Waals surface area contributed by atoms with Crippen LogP contribution in [0.4, 0.5) is 0 Å². The maximum atomic E-state index is 6.21. The maximum absolute atomic E-state index is 6.21. The highest BCUT2D eigenvalue weighted by molar-refractivity contribution is 7.12. The van der Waals surface area contributed by atoms with Gasteiger partial charge in [0.05, 0.1) is 0 Å². The molecule has 0 spiro atoms. The van der Waals surface area contributed by atoms with Gasteiger partial charge in [-0.2, -0.15) is 0 Å². The number of benzene rings is 1. The van der Waals surface area contributed by atoms with Gasteiger partial charge < -0.3 is 5.32 Å². The number of hydrogen-bond donors (Lipinski definition) is 1. The van der Waals surface area contributed by atoms with Crippen LogP contribution in [0.2, 0.25) is 10.0 Å². The Morgan fingerprint density at radius 1 is 1.22 bits per heavy atom. The van der Waals surface area contributed by atoms with E-state index in [1.165, 1.54) is 9.75 Å². The van der Waals surface area contributed by atoms with Crippen LogP contribution in [0.3, 0.4) is 0 Å². The number of rotatable bonds is 4. The molecule has 0 saturated heterocycles. The van der Waals surface area contributed by atoms with Gasteiger partial charge in [-0.25, -0.2) is 0 Å². The molecule has 2 rings (SSSR count). The normalized spacial score (nSPS) is 12.7. The van der Waals surface area contributed by atoms with Gasteiger partial charge in [0.1, 0.15) is 0 Å². The van der Waals surface area contributed by atoms with Gasteiger partial charge in [0, 0.05) is 25.8 Å². The highest BCUT2D eigenvalue weighted by atomic mass is 35.5. The van der Waals surface area contributed by atoms with Crippen LogP contribution in [-0.2, 0) is 6.42 Å². The Labute approximate surface area is 122 Å². The van der Waals surface area contributed by atoms with E-state index < -0.39 is 0 Å². The predicted octanol–water partition coefficient (Wildman–Crippen LogP) is 4.87. The van der Waals surface area contributed by atoms with Crippen molar-refractivity contribution in [2.24, 2.45) is 0 Å². The van der Waals surface area contributed by atoms with E-state index in [4.69, 9.17) is 23.2 Å². The van der Waals surface area contributed by atoms with E-state index >= 15 is 0 Å². The largest absolute Gasteiger partial charge is 0.312 e. The molecule has 0 aliphatic heterocycles. The lowest BCUT2D eigenvalue weighted by atomic mass is 10.0. The third-order valence-corrected chi connectivity index (χ3v) is 4.59. The molecule has 1 atom stereocenters. The van der Waals surface area contributed by atoms with Crippen molar-refractivity contribution in [1.82, 2.24) is 5.32 Å². The van der Waals surface area contributed by atoms with Gasteiger partial charge in [0.25, 0.3) is 0 Å². The smallest absolute Gasteiger partial charge is 0.0453 e. The zero-order valence-corrected chi connectivity index (χ0v) is 12.7. The highest BCUT2D eigenvalue weighted by Crippen LogP contribution is 2.29. The summed E-state index contributed by atoms with van der Waals surface area (Å²) >= 11 is 13.9. The van der Waals surface area contributed by atoms with E-state index in [1.807, 2.05) is 30.5 Å². The van der Waals surface area contributed by atoms with Gasteiger partial charge in [-0.1, -0.05) is 29.3 Å². The zero-order valence-electron chi connectivity index (χ0n) is 10.3. The van der Waals surface area contributed by atoms with E-state index in [0.717, 1.165) is 17.0 Å². The summed E-state index contributed by atoms with van der Waals surface area (Å²) in [6, 6.07) is 10.3. The molecule has 1 nitrogen and oxygen atoms in total. The van der Waals surface area contributed by atoms with Crippen LogP contribution in [0, 0.1) is 6.92 Å². The molecular weight excluding hydrogens is 285 g/mol. The quantitative estimate of drug-likeness (QED) is 0.849. The van der Waals surface area contributed by atoms with E-state index in [-0.39, 0.29) is 0 Å². The van der Waals surface area contributed by atoms with E-state index in [0.29, 0.717) is 11.1 Å². The van der Waals surface area contributed by atoms with Crippen LogP contribution in [0.25, 0.3) is 0 Å². The molecule has 0 bridgehead atoms. The predicted molar refractivity (Wildman–Crippen MR) is 81.0 cm³/mol. The molecule has 0 radical (unpaired) electrons. The molecule has 1 heterocycles. The van der Waals surface area contributed by atoms with Gasteiger partial charge in [0.15, 0.2) is 0 Å². The first-order chi connectivity index (χ1) is 8.60. The van der Waals surface area contributed by atoms with E-state index in [9.17, 15) is 0 Å². The van der Waals surface area contributed by atoms with Crippen molar-refractivity contribution in [3.05, 3.63) is 55.7 Å². The van der Waals surface area contributed by atoms with Crippen molar-refractivity contribution < 1.29 is 0 Å². The molecule has 1 aromatic carbocycles. The standard InChI is InChI=1S/C14H15Cl2NS/c1-9-3-6-14(18-9)13(17-2)7-10-4-5-11(15)8-12(10)16/h3-6,8,13,17H,7H2,1-2H3. The van der Waals surface area contributed by atoms with Crippen molar-refractivity contribution >= 4 is 34.5 Å². The Kier molecular flexibility index (Phi) is 4.68. The van der Waals surface area contributed by atoms with Gasteiger partial charge in [-0.05, 0) is 50.2 Å². The molecule has 0 amide bonds. The fourth-order valence-corrected chi connectivity index (χ4v) is 3.37. The molecule has 1 N–H and O–H groups in total. The summed E-state index contributed by atoms with van der Waals surface area (Å²) in [6.07, 6.45) is 0.868. The number of aryl methyl sites for hydroxylation is 1. The first kappa shape index (κ1) is 13.9. The second-order valence-corrected chi connectivity index (χ2v) is 6.39. The number of halogens is 2. The number of thiophene rings is 1. The molecule has 0 fully saturated rings. The number of hydrogen-bond acceptors (Lipinski definition) is 2. The molecule has 96 valence electrons. The fraction of sp³-hybridized carbons (Fsp3) is 0.286. The van der Waals surface area contributed by atoms with Crippen LogP contribution in [0.1, 0.15) is 21.4 Å². The lowest BCUT2D eigenvalue weighted by molar-refractivity contribution is 0.602. The highest BCUT2D eigenvalue weighted by Gasteiger charge is 2.13. The number of nitrogens with one attached hydrogen (secondary N) is 1. The summed E-state index contributed by atoms with van der Waals surface area (Å²) in [5.74, 6) is 0. The molecule has 0 aliphatic rings. The summed E-state index contributed by atoms with van der Waals surface area (Å²) in [5.41, 5.74) is 1.12. The first-order valence-electron chi connectivity index (χ1n) is 5.77. The summed E-state index contributed by atoms with van der Waals surface area (Å²) in [6.45, 7) is 2.12. The first-order valence-corrected chi connectivity index (χ1v) is 7.35.